The summed E-state index contributed by atoms with van der Waals surface area (Å²) in [5.41, 5.74) is 4.04. The van der Waals surface area contributed by atoms with Gasteiger partial charge in [0.05, 0.1) is 16.9 Å². The number of carbonyl (C=O) groups is 1. The number of benzene rings is 1. The van der Waals surface area contributed by atoms with Crippen molar-refractivity contribution in [2.45, 2.75) is 13.5 Å². The Balaban J connectivity index is 1.29. The second-order valence-electron chi connectivity index (χ2n) is 8.82. The maximum Gasteiger partial charge on any atom is 0.276 e. The molecule has 174 valence electrons. The van der Waals surface area contributed by atoms with E-state index in [2.05, 4.69) is 42.2 Å². The minimum absolute atomic E-state index is 0.0870. The van der Waals surface area contributed by atoms with E-state index in [0.29, 0.717) is 18.8 Å². The van der Waals surface area contributed by atoms with E-state index in [0.717, 1.165) is 47.7 Å². The number of nitrogens with zero attached hydrogens (tertiary/aromatic N) is 8. The van der Waals surface area contributed by atoms with Crippen LogP contribution in [0.15, 0.2) is 54.9 Å². The van der Waals surface area contributed by atoms with Gasteiger partial charge in [0.1, 0.15) is 5.82 Å². The maximum absolute atomic E-state index is 13.3. The average molecular weight is 457 g/mol. The van der Waals surface area contributed by atoms with E-state index in [1.165, 1.54) is 5.56 Å². The van der Waals surface area contributed by atoms with E-state index in [1.54, 1.807) is 10.9 Å². The van der Waals surface area contributed by atoms with Crippen molar-refractivity contribution in [3.63, 3.8) is 0 Å². The zero-order valence-corrected chi connectivity index (χ0v) is 19.7. The maximum atomic E-state index is 13.3. The molecule has 1 saturated heterocycles. The summed E-state index contributed by atoms with van der Waals surface area (Å²) in [4.78, 5) is 28.5. The van der Waals surface area contributed by atoms with Crippen LogP contribution in [-0.4, -0.2) is 80.9 Å². The summed E-state index contributed by atoms with van der Waals surface area (Å²) < 4.78 is 1.73. The largest absolute Gasteiger partial charge is 0.353 e. The number of pyridine rings is 2. The Morgan fingerprint density at radius 2 is 1.82 bits per heavy atom. The lowest BCUT2D eigenvalue weighted by atomic mass is 10.1. The minimum Gasteiger partial charge on any atom is -0.353 e. The fourth-order valence-corrected chi connectivity index (χ4v) is 4.38. The summed E-state index contributed by atoms with van der Waals surface area (Å²) in [7, 11) is 4.09. The van der Waals surface area contributed by atoms with E-state index in [4.69, 9.17) is 0 Å². The summed E-state index contributed by atoms with van der Waals surface area (Å²) >= 11 is 0. The molecule has 5 rings (SSSR count). The number of anilines is 1. The van der Waals surface area contributed by atoms with Crippen molar-refractivity contribution in [3.8, 4) is 5.69 Å². The quantitative estimate of drug-likeness (QED) is 0.456. The highest BCUT2D eigenvalue weighted by atomic mass is 16.2. The standard InChI is InChI=1S/C25H28N8O/c1-18-24(28-29-33(18)22-8-4-7-21-20(22)6-5-11-26-21)25(34)32-14-12-31(13-15-32)23-10-9-19(16-27-23)17-30(2)3/h4-11,16H,12-15,17H2,1-3H3. The first-order chi connectivity index (χ1) is 16.5. The molecular weight excluding hydrogens is 428 g/mol. The van der Waals surface area contributed by atoms with Gasteiger partial charge < -0.3 is 14.7 Å². The highest BCUT2D eigenvalue weighted by Gasteiger charge is 2.27. The van der Waals surface area contributed by atoms with Crippen LogP contribution in [0.3, 0.4) is 0 Å². The van der Waals surface area contributed by atoms with E-state index in [-0.39, 0.29) is 5.91 Å². The zero-order valence-electron chi connectivity index (χ0n) is 19.7. The van der Waals surface area contributed by atoms with Crippen LogP contribution in [0.25, 0.3) is 16.6 Å². The number of hydrogen-bond acceptors (Lipinski definition) is 7. The van der Waals surface area contributed by atoms with Crippen molar-refractivity contribution in [2.75, 3.05) is 45.2 Å². The zero-order chi connectivity index (χ0) is 23.7. The summed E-state index contributed by atoms with van der Waals surface area (Å²) in [6, 6.07) is 13.9. The molecule has 3 aromatic heterocycles. The Hall–Kier alpha value is -3.85. The summed E-state index contributed by atoms with van der Waals surface area (Å²) in [5, 5.41) is 9.53. The molecule has 4 heterocycles. The fraction of sp³-hybridized carbons (Fsp3) is 0.320. The SMILES string of the molecule is Cc1c(C(=O)N2CCN(c3ccc(CN(C)C)cn3)CC2)nnn1-c1cccc2ncccc12. The topological polar surface area (TPSA) is 83.3 Å². The lowest BCUT2D eigenvalue weighted by Crippen LogP contribution is -2.49. The van der Waals surface area contributed by atoms with Crippen LogP contribution in [-0.2, 0) is 6.54 Å². The molecule has 1 aliphatic rings. The van der Waals surface area contributed by atoms with E-state index >= 15 is 0 Å². The van der Waals surface area contributed by atoms with Gasteiger partial charge in [-0.3, -0.25) is 9.78 Å². The molecule has 0 aliphatic carbocycles. The number of amides is 1. The Morgan fingerprint density at radius 1 is 1.00 bits per heavy atom. The van der Waals surface area contributed by atoms with Gasteiger partial charge in [-0.25, -0.2) is 9.67 Å². The third kappa shape index (κ3) is 4.22. The first-order valence-electron chi connectivity index (χ1n) is 11.4. The van der Waals surface area contributed by atoms with Crippen LogP contribution in [0.2, 0.25) is 0 Å². The molecule has 4 aromatic rings. The molecule has 0 atom stereocenters. The van der Waals surface area contributed by atoms with Gasteiger partial charge in [0.15, 0.2) is 5.69 Å². The molecular formula is C25H28N8O. The molecule has 0 radical (unpaired) electrons. The average Bonchev–Trinajstić information content (AvgIpc) is 3.24. The fourth-order valence-electron chi connectivity index (χ4n) is 4.38. The molecule has 0 unspecified atom stereocenters. The monoisotopic (exact) mass is 456 g/mol. The van der Waals surface area contributed by atoms with Gasteiger partial charge in [0.2, 0.25) is 0 Å². The second-order valence-corrected chi connectivity index (χ2v) is 8.82. The normalized spacial score (nSPS) is 14.2. The second kappa shape index (κ2) is 9.18. The molecule has 1 aliphatic heterocycles. The van der Waals surface area contributed by atoms with E-state index in [9.17, 15) is 4.79 Å². The van der Waals surface area contributed by atoms with Crippen molar-refractivity contribution < 1.29 is 4.79 Å². The minimum atomic E-state index is -0.0870. The lowest BCUT2D eigenvalue weighted by Gasteiger charge is -2.35. The van der Waals surface area contributed by atoms with Crippen molar-refractivity contribution in [1.29, 1.82) is 0 Å². The van der Waals surface area contributed by atoms with Gasteiger partial charge in [-0.1, -0.05) is 17.3 Å². The molecule has 9 heteroatoms. The molecule has 1 amide bonds. The first-order valence-corrected chi connectivity index (χ1v) is 11.4. The van der Waals surface area contributed by atoms with Crippen LogP contribution in [0.5, 0.6) is 0 Å². The molecule has 34 heavy (non-hydrogen) atoms. The molecule has 0 bridgehead atoms. The Kier molecular flexibility index (Phi) is 5.93. The van der Waals surface area contributed by atoms with Crippen LogP contribution < -0.4 is 4.90 Å². The van der Waals surface area contributed by atoms with Crippen LogP contribution in [0, 0.1) is 6.92 Å². The van der Waals surface area contributed by atoms with Crippen LogP contribution >= 0.6 is 0 Å². The Labute approximate surface area is 198 Å². The van der Waals surface area contributed by atoms with Gasteiger partial charge in [-0.05, 0) is 56.9 Å². The number of piperazine rings is 1. The predicted molar refractivity (Wildman–Crippen MR) is 131 cm³/mol. The number of aromatic nitrogens is 5. The van der Waals surface area contributed by atoms with Crippen molar-refractivity contribution >= 4 is 22.6 Å². The number of fused-ring (bicyclic) bond motifs is 1. The molecule has 1 fully saturated rings. The third-order valence-electron chi connectivity index (χ3n) is 6.15. The summed E-state index contributed by atoms with van der Waals surface area (Å²) in [6.07, 6.45) is 3.69. The van der Waals surface area contributed by atoms with Gasteiger partial charge in [0, 0.05) is 50.5 Å². The van der Waals surface area contributed by atoms with Crippen molar-refractivity contribution in [2.24, 2.45) is 0 Å². The van der Waals surface area contributed by atoms with Crippen molar-refractivity contribution in [3.05, 3.63) is 71.8 Å². The summed E-state index contributed by atoms with van der Waals surface area (Å²) in [5.74, 6) is 0.859. The van der Waals surface area contributed by atoms with Gasteiger partial charge in [-0.15, -0.1) is 5.10 Å². The summed E-state index contributed by atoms with van der Waals surface area (Å²) in [6.45, 7) is 5.44. The molecule has 1 aromatic carbocycles. The Bertz CT molecular complexity index is 1300. The number of rotatable bonds is 5. The lowest BCUT2D eigenvalue weighted by molar-refractivity contribution is 0.0739. The van der Waals surface area contributed by atoms with Crippen molar-refractivity contribution in [1.82, 2.24) is 34.8 Å². The van der Waals surface area contributed by atoms with Gasteiger partial charge >= 0.3 is 0 Å². The van der Waals surface area contributed by atoms with Gasteiger partial charge in [-0.2, -0.15) is 0 Å². The smallest absolute Gasteiger partial charge is 0.276 e. The van der Waals surface area contributed by atoms with Crippen LogP contribution in [0.4, 0.5) is 5.82 Å². The molecule has 0 N–H and O–H groups in total. The Morgan fingerprint density at radius 3 is 2.56 bits per heavy atom. The highest BCUT2D eigenvalue weighted by molar-refractivity contribution is 5.94. The van der Waals surface area contributed by atoms with E-state index in [1.807, 2.05) is 62.4 Å². The van der Waals surface area contributed by atoms with Crippen LogP contribution in [0.1, 0.15) is 21.7 Å². The molecule has 0 saturated carbocycles. The third-order valence-corrected chi connectivity index (χ3v) is 6.15. The first kappa shape index (κ1) is 22.0. The van der Waals surface area contributed by atoms with Gasteiger partial charge in [0.25, 0.3) is 5.91 Å². The molecule has 9 nitrogen and oxygen atoms in total. The molecule has 0 spiro atoms. The number of hydrogen-bond donors (Lipinski definition) is 0. The van der Waals surface area contributed by atoms with E-state index < -0.39 is 0 Å². The predicted octanol–water partition coefficient (Wildman–Crippen LogP) is 2.54. The number of carbonyl (C=O) groups excluding carboxylic acids is 1. The highest BCUT2D eigenvalue weighted by Crippen LogP contribution is 2.23.